The summed E-state index contributed by atoms with van der Waals surface area (Å²) in [6.45, 7) is 0.415. The molecule has 208 valence electrons. The van der Waals surface area contributed by atoms with Crippen LogP contribution in [0.2, 0.25) is 0 Å². The first-order valence-corrected chi connectivity index (χ1v) is 12.0. The highest BCUT2D eigenvalue weighted by molar-refractivity contribution is 5.97. The zero-order chi connectivity index (χ0) is 28.2. The van der Waals surface area contributed by atoms with E-state index in [1.165, 1.54) is 4.90 Å². The second-order valence-corrected chi connectivity index (χ2v) is 9.07. The van der Waals surface area contributed by atoms with Crippen molar-refractivity contribution in [2.75, 3.05) is 31.2 Å². The minimum Gasteiger partial charge on any atom is -0.480 e. The van der Waals surface area contributed by atoms with Gasteiger partial charge in [-0.2, -0.15) is 0 Å². The molecular formula is C25H26F3N5O6. The molecule has 0 bridgehead atoms. The van der Waals surface area contributed by atoms with Crippen LogP contribution in [-0.4, -0.2) is 78.1 Å². The van der Waals surface area contributed by atoms with Gasteiger partial charge >= 0.3 is 18.4 Å². The van der Waals surface area contributed by atoms with Gasteiger partial charge in [0.2, 0.25) is 5.91 Å². The van der Waals surface area contributed by atoms with Crippen LogP contribution in [0.25, 0.3) is 0 Å². The second kappa shape index (κ2) is 11.1. The predicted octanol–water partition coefficient (Wildman–Crippen LogP) is 1.91. The molecule has 2 aliphatic rings. The molecule has 14 heteroatoms. The maximum absolute atomic E-state index is 12.8. The third-order valence-electron chi connectivity index (χ3n) is 6.69. The number of nitrogens with zero attached hydrogens (tertiary/aromatic N) is 2. The highest BCUT2D eigenvalue weighted by atomic mass is 19.4. The van der Waals surface area contributed by atoms with E-state index in [0.29, 0.717) is 19.5 Å². The molecule has 2 fully saturated rings. The molecule has 1 atom stereocenters. The van der Waals surface area contributed by atoms with Crippen LogP contribution in [-0.2, 0) is 9.59 Å². The highest BCUT2D eigenvalue weighted by Gasteiger charge is 2.50. The highest BCUT2D eigenvalue weighted by Crippen LogP contribution is 2.36. The number of likely N-dealkylation sites (tertiary alicyclic amines) is 1. The number of carbonyl (C=O) groups is 4. The number of carboxylic acid groups (broad SMARTS) is 1. The number of hydrogen-bond donors (Lipinski definition) is 4. The number of benzene rings is 2. The van der Waals surface area contributed by atoms with Crippen molar-refractivity contribution >= 4 is 29.5 Å². The Labute approximate surface area is 220 Å². The molecule has 4 amide bonds. The first kappa shape index (κ1) is 27.5. The summed E-state index contributed by atoms with van der Waals surface area (Å²) in [6, 6.07) is 11.3. The van der Waals surface area contributed by atoms with Crippen LogP contribution < -0.4 is 25.6 Å². The van der Waals surface area contributed by atoms with E-state index < -0.39 is 48.1 Å². The summed E-state index contributed by atoms with van der Waals surface area (Å²) in [5, 5.41) is 17.1. The van der Waals surface area contributed by atoms with Crippen molar-refractivity contribution in [1.82, 2.24) is 20.9 Å². The van der Waals surface area contributed by atoms with Gasteiger partial charge in [-0.1, -0.05) is 18.2 Å². The van der Waals surface area contributed by atoms with Gasteiger partial charge < -0.3 is 35.6 Å². The molecule has 0 saturated carbocycles. The lowest BCUT2D eigenvalue weighted by atomic mass is 9.85. The number of aliphatic carboxylic acids is 1. The molecule has 1 spiro atoms. The monoisotopic (exact) mass is 549 g/mol. The number of anilines is 1. The van der Waals surface area contributed by atoms with Crippen LogP contribution in [0.3, 0.4) is 0 Å². The van der Waals surface area contributed by atoms with Crippen molar-refractivity contribution in [3.63, 3.8) is 0 Å². The topological polar surface area (TPSA) is 140 Å². The largest absolute Gasteiger partial charge is 0.573 e. The molecular weight excluding hydrogens is 523 g/mol. The normalized spacial score (nSPS) is 17.4. The van der Waals surface area contributed by atoms with Crippen LogP contribution >= 0.6 is 0 Å². The number of urea groups is 1. The molecule has 11 nitrogen and oxygen atoms in total. The van der Waals surface area contributed by atoms with Gasteiger partial charge in [-0.25, -0.2) is 9.59 Å². The van der Waals surface area contributed by atoms with E-state index in [2.05, 4.69) is 20.7 Å². The Morgan fingerprint density at radius 3 is 2.28 bits per heavy atom. The fourth-order valence-electron chi connectivity index (χ4n) is 4.66. The lowest BCUT2D eigenvalue weighted by Gasteiger charge is -2.43. The van der Waals surface area contributed by atoms with Crippen molar-refractivity contribution < 1.29 is 42.2 Å². The number of carboxylic acids is 1. The van der Waals surface area contributed by atoms with Gasteiger partial charge in [0.15, 0.2) is 0 Å². The van der Waals surface area contributed by atoms with Crippen molar-refractivity contribution in [3.8, 4) is 5.75 Å². The zero-order valence-electron chi connectivity index (χ0n) is 20.5. The number of nitrogens with one attached hydrogen (secondary N) is 3. The number of piperidine rings is 1. The Kier molecular flexibility index (Phi) is 7.83. The summed E-state index contributed by atoms with van der Waals surface area (Å²) in [4.78, 5) is 53.1. The molecule has 2 heterocycles. The number of ether oxygens (including phenoxy) is 1. The first-order chi connectivity index (χ1) is 18.5. The number of carbonyl (C=O) groups excluding carboxylic acids is 3. The summed E-state index contributed by atoms with van der Waals surface area (Å²) in [6.07, 6.45) is -4.15. The summed E-state index contributed by atoms with van der Waals surface area (Å²) >= 11 is 0. The first-order valence-electron chi connectivity index (χ1n) is 12.0. The number of amides is 4. The van der Waals surface area contributed by atoms with Crippen LogP contribution in [0.1, 0.15) is 23.2 Å². The smallest absolute Gasteiger partial charge is 0.480 e. The van der Waals surface area contributed by atoms with Gasteiger partial charge in [0.25, 0.3) is 5.91 Å². The van der Waals surface area contributed by atoms with Gasteiger partial charge in [-0.15, -0.1) is 13.2 Å². The van der Waals surface area contributed by atoms with E-state index in [9.17, 15) is 37.5 Å². The predicted molar refractivity (Wildman–Crippen MR) is 131 cm³/mol. The minimum atomic E-state index is -4.89. The minimum absolute atomic E-state index is 0.0961. The third kappa shape index (κ3) is 6.33. The lowest BCUT2D eigenvalue weighted by Crippen LogP contribution is -2.59. The van der Waals surface area contributed by atoms with E-state index in [1.54, 1.807) is 0 Å². The van der Waals surface area contributed by atoms with Crippen molar-refractivity contribution in [3.05, 3.63) is 60.2 Å². The molecule has 2 aromatic rings. The Balaban J connectivity index is 1.31. The fraction of sp³-hybridized carbons (Fsp3) is 0.360. The third-order valence-corrected chi connectivity index (χ3v) is 6.69. The molecule has 4 rings (SSSR count). The van der Waals surface area contributed by atoms with Crippen molar-refractivity contribution in [2.45, 2.75) is 30.8 Å². The average molecular weight is 550 g/mol. The van der Waals surface area contributed by atoms with Gasteiger partial charge in [-0.05, 0) is 49.2 Å². The summed E-state index contributed by atoms with van der Waals surface area (Å²) in [5.41, 5.74) is -0.00584. The molecule has 2 saturated heterocycles. The van der Waals surface area contributed by atoms with E-state index in [4.69, 9.17) is 0 Å². The number of para-hydroxylation sites is 1. The average Bonchev–Trinajstić information content (AvgIpc) is 3.21. The van der Waals surface area contributed by atoms with Crippen molar-refractivity contribution in [1.29, 1.82) is 0 Å². The summed E-state index contributed by atoms with van der Waals surface area (Å²) in [7, 11) is 0. The molecule has 0 aromatic heterocycles. The van der Waals surface area contributed by atoms with Gasteiger partial charge in [0.1, 0.15) is 17.3 Å². The summed E-state index contributed by atoms with van der Waals surface area (Å²) in [5.74, 6) is -2.92. The number of hydrogen-bond acceptors (Lipinski definition) is 6. The zero-order valence-corrected chi connectivity index (χ0v) is 20.5. The second-order valence-electron chi connectivity index (χ2n) is 9.07. The molecule has 2 aliphatic heterocycles. The van der Waals surface area contributed by atoms with Gasteiger partial charge in [-0.3, -0.25) is 9.59 Å². The Morgan fingerprint density at radius 2 is 1.69 bits per heavy atom. The maximum atomic E-state index is 12.8. The molecule has 39 heavy (non-hydrogen) atoms. The van der Waals surface area contributed by atoms with Crippen molar-refractivity contribution in [2.24, 2.45) is 0 Å². The maximum Gasteiger partial charge on any atom is 0.573 e. The number of rotatable bonds is 7. The van der Waals surface area contributed by atoms with E-state index in [0.717, 1.165) is 30.0 Å². The van der Waals surface area contributed by atoms with E-state index in [-0.39, 0.29) is 24.6 Å². The number of halogens is 3. The standard InChI is InChI=1S/C25H26F3N5O6/c26-25(27,28)39-18-8-6-16(7-9-18)20(34)31-19(21(35)36)14-29-23(38)32-12-10-24(11-13-32)22(37)30-15-33(24)17-4-2-1-3-5-17/h1-9,19H,10-15H2,(H,29,38)(H,30,37)(H,31,34)(H,35,36)/t19-/m0/s1. The van der Waals surface area contributed by atoms with Crippen LogP contribution in [0, 0.1) is 0 Å². The Morgan fingerprint density at radius 1 is 1.05 bits per heavy atom. The molecule has 4 N–H and O–H groups in total. The molecule has 2 aromatic carbocycles. The van der Waals surface area contributed by atoms with Crippen LogP contribution in [0.4, 0.5) is 23.7 Å². The summed E-state index contributed by atoms with van der Waals surface area (Å²) < 4.78 is 40.7. The van der Waals surface area contributed by atoms with Gasteiger partial charge in [0, 0.05) is 24.3 Å². The lowest BCUT2D eigenvalue weighted by molar-refractivity contribution is -0.274. The van der Waals surface area contributed by atoms with Crippen LogP contribution in [0.15, 0.2) is 54.6 Å². The fourth-order valence-corrected chi connectivity index (χ4v) is 4.66. The van der Waals surface area contributed by atoms with E-state index in [1.807, 2.05) is 35.2 Å². The Hall–Kier alpha value is -4.49. The Bertz CT molecular complexity index is 1220. The SMILES string of the molecule is O=C(N[C@@H](CNC(=O)N1CCC2(CC1)C(=O)NCN2c1ccccc1)C(=O)O)c1ccc(OC(F)(F)F)cc1. The number of alkyl halides is 3. The molecule has 0 radical (unpaired) electrons. The molecule has 0 aliphatic carbocycles. The van der Waals surface area contributed by atoms with Gasteiger partial charge in [0.05, 0.1) is 13.2 Å². The van der Waals surface area contributed by atoms with Crippen LogP contribution in [0.5, 0.6) is 5.75 Å². The quantitative estimate of drug-likeness (QED) is 0.414. The van der Waals surface area contributed by atoms with E-state index >= 15 is 0 Å². The molecule has 0 unspecified atom stereocenters.